The molecule has 0 N–H and O–H groups in total. The Labute approximate surface area is 75.9 Å². The Morgan fingerprint density at radius 1 is 1.83 bits per heavy atom. The molecule has 4 heteroatoms. The molecule has 0 fully saturated rings. The van der Waals surface area contributed by atoms with Crippen molar-refractivity contribution in [3.05, 3.63) is 19.0 Å². The zero-order valence-electron chi connectivity index (χ0n) is 6.60. The summed E-state index contributed by atoms with van der Waals surface area (Å²) in [6.07, 6.45) is 8.41. The zero-order valence-corrected chi connectivity index (χ0v) is 7.42. The minimum atomic E-state index is 0.621. The highest BCUT2D eigenvalue weighted by Crippen LogP contribution is 2.12. The summed E-state index contributed by atoms with van der Waals surface area (Å²) in [5, 5.41) is 4.84. The van der Waals surface area contributed by atoms with Crippen LogP contribution in [0.2, 0.25) is 0 Å². The fraction of sp³-hybridized carbons (Fsp3) is 0.250. The SMILES string of the molecule is C#CCSc1ncnn1CC=C. The Balaban J connectivity index is 2.64. The van der Waals surface area contributed by atoms with Gasteiger partial charge < -0.3 is 0 Å². The van der Waals surface area contributed by atoms with E-state index < -0.39 is 0 Å². The van der Waals surface area contributed by atoms with Crippen molar-refractivity contribution >= 4 is 11.8 Å². The van der Waals surface area contributed by atoms with Crippen LogP contribution < -0.4 is 0 Å². The van der Waals surface area contributed by atoms with Crippen LogP contribution in [0.5, 0.6) is 0 Å². The second-order valence-electron chi connectivity index (χ2n) is 2.01. The zero-order chi connectivity index (χ0) is 8.81. The Kier molecular flexibility index (Phi) is 3.42. The van der Waals surface area contributed by atoms with Gasteiger partial charge in [-0.2, -0.15) is 5.10 Å². The lowest BCUT2D eigenvalue weighted by Gasteiger charge is -1.98. The van der Waals surface area contributed by atoms with E-state index in [0.29, 0.717) is 12.3 Å². The summed E-state index contributed by atoms with van der Waals surface area (Å²) < 4.78 is 1.76. The normalized spacial score (nSPS) is 9.25. The smallest absolute Gasteiger partial charge is 0.187 e. The molecule has 0 radical (unpaired) electrons. The predicted octanol–water partition coefficient (Wildman–Crippen LogP) is 1.19. The first-order chi connectivity index (χ1) is 5.88. The van der Waals surface area contributed by atoms with Gasteiger partial charge in [-0.25, -0.2) is 9.67 Å². The van der Waals surface area contributed by atoms with Crippen LogP contribution in [-0.2, 0) is 6.54 Å². The average molecular weight is 179 g/mol. The molecule has 1 rings (SSSR count). The summed E-state index contributed by atoms with van der Waals surface area (Å²) in [6.45, 7) is 4.29. The minimum absolute atomic E-state index is 0.621. The molecule has 0 amide bonds. The molecule has 0 bridgehead atoms. The van der Waals surface area contributed by atoms with E-state index in [9.17, 15) is 0 Å². The van der Waals surface area contributed by atoms with E-state index in [-0.39, 0.29) is 0 Å². The third-order valence-corrected chi connectivity index (χ3v) is 2.05. The molecular weight excluding hydrogens is 170 g/mol. The Morgan fingerprint density at radius 2 is 2.67 bits per heavy atom. The summed E-state index contributed by atoms with van der Waals surface area (Å²) in [5.74, 6) is 3.15. The summed E-state index contributed by atoms with van der Waals surface area (Å²) in [5.41, 5.74) is 0. The maximum atomic E-state index is 5.12. The number of rotatable bonds is 4. The highest BCUT2D eigenvalue weighted by Gasteiger charge is 2.00. The molecule has 12 heavy (non-hydrogen) atoms. The van der Waals surface area contributed by atoms with Crippen LogP contribution in [0.1, 0.15) is 0 Å². The van der Waals surface area contributed by atoms with Crippen molar-refractivity contribution in [2.24, 2.45) is 0 Å². The molecule has 0 aliphatic heterocycles. The van der Waals surface area contributed by atoms with Gasteiger partial charge in [0.05, 0.1) is 12.3 Å². The van der Waals surface area contributed by atoms with Crippen LogP contribution in [0.15, 0.2) is 24.1 Å². The number of hydrogen-bond acceptors (Lipinski definition) is 3. The maximum Gasteiger partial charge on any atom is 0.187 e. The van der Waals surface area contributed by atoms with Gasteiger partial charge >= 0.3 is 0 Å². The van der Waals surface area contributed by atoms with Crippen LogP contribution in [0, 0.1) is 12.3 Å². The first-order valence-electron chi connectivity index (χ1n) is 3.43. The second kappa shape index (κ2) is 4.62. The number of allylic oxidation sites excluding steroid dienone is 1. The quantitative estimate of drug-likeness (QED) is 0.395. The van der Waals surface area contributed by atoms with E-state index in [2.05, 4.69) is 22.6 Å². The minimum Gasteiger partial charge on any atom is -0.237 e. The average Bonchev–Trinajstić information content (AvgIpc) is 2.50. The first kappa shape index (κ1) is 8.88. The monoisotopic (exact) mass is 179 g/mol. The number of nitrogens with zero attached hydrogens (tertiary/aromatic N) is 3. The standard InChI is InChI=1S/C8H9N3S/c1-3-5-11-8(9-7-10-11)12-6-4-2/h2-3,7H,1,5-6H2. The van der Waals surface area contributed by atoms with E-state index >= 15 is 0 Å². The van der Waals surface area contributed by atoms with Crippen LogP contribution in [0.3, 0.4) is 0 Å². The largest absolute Gasteiger partial charge is 0.237 e. The molecule has 0 unspecified atom stereocenters. The molecular formula is C8H9N3S. The van der Waals surface area contributed by atoms with Gasteiger partial charge in [0.1, 0.15) is 6.33 Å². The Bertz CT molecular complexity index is 297. The van der Waals surface area contributed by atoms with Crippen LogP contribution in [0.4, 0.5) is 0 Å². The van der Waals surface area contributed by atoms with E-state index in [1.54, 1.807) is 10.8 Å². The molecule has 0 aromatic carbocycles. The van der Waals surface area contributed by atoms with Gasteiger partial charge in [0.15, 0.2) is 5.16 Å². The molecule has 62 valence electrons. The molecule has 0 saturated heterocycles. The van der Waals surface area contributed by atoms with Crippen molar-refractivity contribution in [1.82, 2.24) is 14.8 Å². The molecule has 0 atom stereocenters. The van der Waals surface area contributed by atoms with Gasteiger partial charge in [0.2, 0.25) is 0 Å². The van der Waals surface area contributed by atoms with E-state index in [1.807, 2.05) is 0 Å². The lowest BCUT2D eigenvalue weighted by molar-refractivity contribution is 0.631. The molecule has 0 aliphatic rings. The maximum absolute atomic E-state index is 5.12. The molecule has 3 nitrogen and oxygen atoms in total. The third-order valence-electron chi connectivity index (χ3n) is 1.17. The highest BCUT2D eigenvalue weighted by atomic mass is 32.2. The lowest BCUT2D eigenvalue weighted by Crippen LogP contribution is -1.99. The number of terminal acetylenes is 1. The third kappa shape index (κ3) is 2.14. The van der Waals surface area contributed by atoms with Crippen molar-refractivity contribution in [2.45, 2.75) is 11.7 Å². The molecule has 1 heterocycles. The van der Waals surface area contributed by atoms with Gasteiger partial charge in [-0.15, -0.1) is 13.0 Å². The molecule has 0 saturated carbocycles. The lowest BCUT2D eigenvalue weighted by atomic mass is 10.6. The van der Waals surface area contributed by atoms with Crippen molar-refractivity contribution < 1.29 is 0 Å². The van der Waals surface area contributed by atoms with Crippen molar-refractivity contribution in [2.75, 3.05) is 5.75 Å². The van der Waals surface area contributed by atoms with Gasteiger partial charge in [0, 0.05) is 0 Å². The Morgan fingerprint density at radius 3 is 3.33 bits per heavy atom. The summed E-state index contributed by atoms with van der Waals surface area (Å²) >= 11 is 1.50. The van der Waals surface area contributed by atoms with Crippen LogP contribution in [-0.4, -0.2) is 20.5 Å². The fourth-order valence-electron chi connectivity index (χ4n) is 0.719. The van der Waals surface area contributed by atoms with Crippen LogP contribution >= 0.6 is 11.8 Å². The van der Waals surface area contributed by atoms with Crippen molar-refractivity contribution in [3.8, 4) is 12.3 Å². The number of thioether (sulfide) groups is 1. The topological polar surface area (TPSA) is 30.7 Å². The van der Waals surface area contributed by atoms with E-state index in [4.69, 9.17) is 6.42 Å². The highest BCUT2D eigenvalue weighted by molar-refractivity contribution is 7.99. The summed E-state index contributed by atoms with van der Waals surface area (Å²) in [4.78, 5) is 4.04. The second-order valence-corrected chi connectivity index (χ2v) is 2.95. The Hall–Kier alpha value is -1.21. The van der Waals surface area contributed by atoms with E-state index in [1.165, 1.54) is 18.1 Å². The summed E-state index contributed by atoms with van der Waals surface area (Å²) in [7, 11) is 0. The number of aromatic nitrogens is 3. The van der Waals surface area contributed by atoms with Gasteiger partial charge in [-0.3, -0.25) is 0 Å². The van der Waals surface area contributed by atoms with Crippen LogP contribution in [0.25, 0.3) is 0 Å². The van der Waals surface area contributed by atoms with Gasteiger partial charge in [-0.1, -0.05) is 23.8 Å². The molecule has 0 aliphatic carbocycles. The van der Waals surface area contributed by atoms with Gasteiger partial charge in [0.25, 0.3) is 0 Å². The van der Waals surface area contributed by atoms with Crippen molar-refractivity contribution in [3.63, 3.8) is 0 Å². The molecule has 0 spiro atoms. The van der Waals surface area contributed by atoms with E-state index in [0.717, 1.165) is 5.16 Å². The first-order valence-corrected chi connectivity index (χ1v) is 4.42. The summed E-state index contributed by atoms with van der Waals surface area (Å²) in [6, 6.07) is 0. The van der Waals surface area contributed by atoms with Crippen molar-refractivity contribution in [1.29, 1.82) is 0 Å². The molecule has 1 aromatic rings. The molecule has 1 aromatic heterocycles. The van der Waals surface area contributed by atoms with Gasteiger partial charge in [-0.05, 0) is 0 Å². The fourth-order valence-corrected chi connectivity index (χ4v) is 1.32. The number of hydrogen-bond donors (Lipinski definition) is 0. The predicted molar refractivity (Wildman–Crippen MR) is 49.8 cm³/mol.